The first-order valence-electron chi connectivity index (χ1n) is 5.92. The van der Waals surface area contributed by atoms with Crippen LogP contribution in [-0.4, -0.2) is 0 Å². The average molecular weight is 239 g/mol. The van der Waals surface area contributed by atoms with E-state index < -0.39 is 0 Å². The second-order valence-electron chi connectivity index (χ2n) is 4.36. The average Bonchev–Trinajstić information content (AvgIpc) is 2.40. The molecule has 18 heavy (non-hydrogen) atoms. The molecule has 0 radical (unpaired) electrons. The zero-order valence-corrected chi connectivity index (χ0v) is 10.2. The van der Waals surface area contributed by atoms with Crippen LogP contribution in [0, 0.1) is 17.1 Å². The number of nitriles is 1. The van der Waals surface area contributed by atoms with Gasteiger partial charge in [-0.2, -0.15) is 5.26 Å². The molecule has 0 aromatic heterocycles. The van der Waals surface area contributed by atoms with E-state index in [9.17, 15) is 9.65 Å². The van der Waals surface area contributed by atoms with E-state index in [4.69, 9.17) is 0 Å². The van der Waals surface area contributed by atoms with Gasteiger partial charge >= 0.3 is 0 Å². The van der Waals surface area contributed by atoms with Crippen molar-refractivity contribution in [1.29, 1.82) is 5.26 Å². The largest absolute Gasteiger partial charge is 0.207 e. The van der Waals surface area contributed by atoms with Crippen molar-refractivity contribution in [2.24, 2.45) is 0 Å². The maximum atomic E-state index is 13.2. The van der Waals surface area contributed by atoms with Gasteiger partial charge < -0.3 is 0 Å². The molecular weight excluding hydrogens is 225 g/mol. The van der Waals surface area contributed by atoms with Crippen LogP contribution in [0.15, 0.2) is 54.6 Å². The van der Waals surface area contributed by atoms with Gasteiger partial charge in [0.05, 0.1) is 12.0 Å². The van der Waals surface area contributed by atoms with E-state index in [1.165, 1.54) is 12.1 Å². The zero-order chi connectivity index (χ0) is 13.0. The van der Waals surface area contributed by atoms with Crippen LogP contribution in [0.4, 0.5) is 4.39 Å². The lowest BCUT2D eigenvalue weighted by atomic mass is 9.84. The van der Waals surface area contributed by atoms with E-state index in [2.05, 4.69) is 6.07 Å². The fourth-order valence-electron chi connectivity index (χ4n) is 2.12. The highest BCUT2D eigenvalue weighted by Gasteiger charge is 2.20. The van der Waals surface area contributed by atoms with Crippen molar-refractivity contribution in [3.8, 4) is 6.07 Å². The van der Waals surface area contributed by atoms with Gasteiger partial charge in [-0.25, -0.2) is 4.39 Å². The summed E-state index contributed by atoms with van der Waals surface area (Å²) < 4.78 is 13.2. The molecule has 2 rings (SSSR count). The first-order chi connectivity index (χ1) is 8.72. The van der Waals surface area contributed by atoms with Crippen molar-refractivity contribution in [2.45, 2.75) is 18.8 Å². The van der Waals surface area contributed by atoms with E-state index in [0.717, 1.165) is 11.1 Å². The highest BCUT2D eigenvalue weighted by molar-refractivity contribution is 5.32. The van der Waals surface area contributed by atoms with Gasteiger partial charge in [-0.3, -0.25) is 0 Å². The number of rotatable bonds is 3. The van der Waals surface area contributed by atoms with Gasteiger partial charge in [0.1, 0.15) is 5.82 Å². The fourth-order valence-corrected chi connectivity index (χ4v) is 2.12. The maximum Gasteiger partial charge on any atom is 0.123 e. The smallest absolute Gasteiger partial charge is 0.123 e. The molecule has 0 aliphatic rings. The van der Waals surface area contributed by atoms with Crippen molar-refractivity contribution in [2.75, 3.05) is 0 Å². The third-order valence-corrected chi connectivity index (χ3v) is 3.17. The van der Waals surface area contributed by atoms with Crippen LogP contribution >= 0.6 is 0 Å². The van der Waals surface area contributed by atoms with Crippen LogP contribution in [0.25, 0.3) is 0 Å². The third kappa shape index (κ3) is 2.57. The van der Waals surface area contributed by atoms with Crippen molar-refractivity contribution in [3.63, 3.8) is 0 Å². The van der Waals surface area contributed by atoms with Gasteiger partial charge in [0, 0.05) is 5.92 Å². The zero-order valence-electron chi connectivity index (χ0n) is 10.2. The van der Waals surface area contributed by atoms with Gasteiger partial charge in [0.15, 0.2) is 0 Å². The molecule has 2 atom stereocenters. The number of benzene rings is 2. The Morgan fingerprint density at radius 1 is 1.00 bits per heavy atom. The molecular formula is C16H14FN. The molecule has 2 unspecified atom stereocenters. The van der Waals surface area contributed by atoms with Crippen molar-refractivity contribution in [3.05, 3.63) is 71.5 Å². The molecule has 0 aliphatic carbocycles. The second-order valence-corrected chi connectivity index (χ2v) is 4.36. The normalized spacial score (nSPS) is 13.6. The molecule has 0 heterocycles. The molecule has 0 fully saturated rings. The van der Waals surface area contributed by atoms with Crippen LogP contribution in [-0.2, 0) is 0 Å². The molecule has 0 N–H and O–H groups in total. The van der Waals surface area contributed by atoms with Crippen molar-refractivity contribution < 1.29 is 4.39 Å². The van der Waals surface area contributed by atoms with Crippen LogP contribution in [0.1, 0.15) is 29.9 Å². The maximum absolute atomic E-state index is 13.2. The molecule has 2 heteroatoms. The van der Waals surface area contributed by atoms with Gasteiger partial charge in [-0.15, -0.1) is 0 Å². The second kappa shape index (κ2) is 5.46. The molecule has 0 aliphatic heterocycles. The minimum Gasteiger partial charge on any atom is -0.207 e. The van der Waals surface area contributed by atoms with Gasteiger partial charge in [-0.1, -0.05) is 49.4 Å². The van der Waals surface area contributed by atoms with Gasteiger partial charge in [-0.05, 0) is 23.3 Å². The lowest BCUT2D eigenvalue weighted by Gasteiger charge is -2.18. The molecule has 0 saturated carbocycles. The van der Waals surface area contributed by atoms with Crippen molar-refractivity contribution in [1.82, 2.24) is 0 Å². The van der Waals surface area contributed by atoms with E-state index in [1.54, 1.807) is 12.1 Å². The molecule has 2 aromatic rings. The summed E-state index contributed by atoms with van der Waals surface area (Å²) in [5, 5.41) is 9.33. The summed E-state index contributed by atoms with van der Waals surface area (Å²) in [6.07, 6.45) is 0. The minimum absolute atomic E-state index is 0.0398. The summed E-state index contributed by atoms with van der Waals surface area (Å²) in [5.41, 5.74) is 1.82. The molecule has 0 spiro atoms. The monoisotopic (exact) mass is 239 g/mol. The Hall–Kier alpha value is -2.14. The molecule has 0 bridgehead atoms. The summed E-state index contributed by atoms with van der Waals surface area (Å²) in [6.45, 7) is 1.99. The van der Waals surface area contributed by atoms with Gasteiger partial charge in [0.2, 0.25) is 0 Å². The van der Waals surface area contributed by atoms with Crippen LogP contribution in [0.3, 0.4) is 0 Å². The van der Waals surface area contributed by atoms with Gasteiger partial charge in [0.25, 0.3) is 0 Å². The van der Waals surface area contributed by atoms with Crippen LogP contribution in [0.5, 0.6) is 0 Å². The molecule has 1 nitrogen and oxygen atoms in total. The Balaban J connectivity index is 2.33. The highest BCUT2D eigenvalue weighted by atomic mass is 19.1. The Kier molecular flexibility index (Phi) is 3.74. The summed E-state index contributed by atoms with van der Waals surface area (Å²) in [6, 6.07) is 18.4. The predicted molar refractivity (Wildman–Crippen MR) is 69.6 cm³/mol. The Morgan fingerprint density at radius 3 is 2.28 bits per heavy atom. The highest BCUT2D eigenvalue weighted by Crippen LogP contribution is 2.32. The lowest BCUT2D eigenvalue weighted by Crippen LogP contribution is -2.06. The fraction of sp³-hybridized carbons (Fsp3) is 0.188. The molecule has 90 valence electrons. The Bertz CT molecular complexity index is 557. The SMILES string of the molecule is CC(c1ccccc1)C(C#N)c1cccc(F)c1. The number of hydrogen-bond donors (Lipinski definition) is 0. The molecule has 0 amide bonds. The first-order valence-corrected chi connectivity index (χ1v) is 5.92. The first kappa shape index (κ1) is 12.3. The summed E-state index contributed by atoms with van der Waals surface area (Å²) >= 11 is 0. The van der Waals surface area contributed by atoms with E-state index >= 15 is 0 Å². The Morgan fingerprint density at radius 2 is 1.67 bits per heavy atom. The van der Waals surface area contributed by atoms with E-state index in [1.807, 2.05) is 37.3 Å². The molecule has 0 saturated heterocycles. The minimum atomic E-state index is -0.330. The lowest BCUT2D eigenvalue weighted by molar-refractivity contribution is 0.617. The van der Waals surface area contributed by atoms with Crippen LogP contribution in [0.2, 0.25) is 0 Å². The quantitative estimate of drug-likeness (QED) is 0.786. The summed E-state index contributed by atoms with van der Waals surface area (Å²) in [7, 11) is 0. The number of halogens is 1. The number of nitrogens with zero attached hydrogens (tertiary/aromatic N) is 1. The topological polar surface area (TPSA) is 23.8 Å². The van der Waals surface area contributed by atoms with E-state index in [-0.39, 0.29) is 17.7 Å². The Labute approximate surface area is 107 Å². The standard InChI is InChI=1S/C16H14FN/c1-12(13-6-3-2-4-7-13)16(11-18)14-8-5-9-15(17)10-14/h2-10,12,16H,1H3. The third-order valence-electron chi connectivity index (χ3n) is 3.17. The predicted octanol–water partition coefficient (Wildman–Crippen LogP) is 4.24. The summed E-state index contributed by atoms with van der Waals surface area (Å²) in [4.78, 5) is 0. The number of hydrogen-bond acceptors (Lipinski definition) is 1. The molecule has 2 aromatic carbocycles. The van der Waals surface area contributed by atoms with Crippen molar-refractivity contribution >= 4 is 0 Å². The van der Waals surface area contributed by atoms with Crippen LogP contribution < -0.4 is 0 Å². The van der Waals surface area contributed by atoms with E-state index in [0.29, 0.717) is 0 Å². The summed E-state index contributed by atoms with van der Waals surface area (Å²) in [5.74, 6) is -0.589.